The lowest BCUT2D eigenvalue weighted by Gasteiger charge is -2.14. The maximum atomic E-state index is 12.8. The predicted octanol–water partition coefficient (Wildman–Crippen LogP) is 1.53. The first-order valence-electron chi connectivity index (χ1n) is 8.07. The van der Waals surface area contributed by atoms with Crippen LogP contribution in [-0.2, 0) is 9.59 Å². The van der Waals surface area contributed by atoms with Crippen molar-refractivity contribution in [2.24, 2.45) is 0 Å². The molecule has 0 saturated carbocycles. The summed E-state index contributed by atoms with van der Waals surface area (Å²) in [6, 6.07) is 11.4. The average molecular weight is 344 g/mol. The van der Waals surface area contributed by atoms with Gasteiger partial charge in [0.2, 0.25) is 0 Å². The Balaban J connectivity index is 1.82. The van der Waals surface area contributed by atoms with Crippen LogP contribution in [0.3, 0.4) is 0 Å². The third-order valence-corrected chi connectivity index (χ3v) is 3.71. The number of amides is 2. The van der Waals surface area contributed by atoms with E-state index < -0.39 is 0 Å². The maximum Gasteiger partial charge on any atom is 0.279 e. The van der Waals surface area contributed by atoms with Gasteiger partial charge in [0.05, 0.1) is 7.05 Å². The van der Waals surface area contributed by atoms with Gasteiger partial charge in [0.15, 0.2) is 13.1 Å². The van der Waals surface area contributed by atoms with Crippen molar-refractivity contribution in [3.05, 3.63) is 59.4 Å². The summed E-state index contributed by atoms with van der Waals surface area (Å²) in [5, 5.41) is 5.54. The van der Waals surface area contributed by atoms with Gasteiger partial charge in [-0.2, -0.15) is 0 Å². The number of aryl methyl sites for hydroxylation is 2. The maximum absolute atomic E-state index is 12.8. The van der Waals surface area contributed by atoms with Crippen molar-refractivity contribution in [2.45, 2.75) is 13.8 Å². The van der Waals surface area contributed by atoms with Crippen molar-refractivity contribution in [1.82, 2.24) is 0 Å². The number of hydrogen-bond donors (Lipinski definition) is 3. The van der Waals surface area contributed by atoms with Crippen LogP contribution in [0.15, 0.2) is 42.5 Å². The summed E-state index contributed by atoms with van der Waals surface area (Å²) >= 11 is 0. The number of quaternary nitrogens is 1. The van der Waals surface area contributed by atoms with E-state index in [-0.39, 0.29) is 30.7 Å². The van der Waals surface area contributed by atoms with Gasteiger partial charge in [-0.3, -0.25) is 9.59 Å². The molecule has 0 aliphatic carbocycles. The van der Waals surface area contributed by atoms with Gasteiger partial charge in [0.1, 0.15) is 5.82 Å². The van der Waals surface area contributed by atoms with E-state index in [1.165, 1.54) is 24.3 Å². The molecule has 0 spiro atoms. The fourth-order valence-corrected chi connectivity index (χ4v) is 2.50. The molecule has 1 atom stereocenters. The van der Waals surface area contributed by atoms with Crippen LogP contribution in [0.5, 0.6) is 0 Å². The second-order valence-corrected chi connectivity index (χ2v) is 6.23. The van der Waals surface area contributed by atoms with Crippen molar-refractivity contribution < 1.29 is 18.9 Å². The Morgan fingerprint density at radius 1 is 0.960 bits per heavy atom. The van der Waals surface area contributed by atoms with Gasteiger partial charge in [0.25, 0.3) is 11.8 Å². The molecular weight excluding hydrogens is 321 g/mol. The molecule has 2 rings (SSSR count). The molecule has 0 aliphatic heterocycles. The number of anilines is 2. The molecule has 2 aromatic rings. The summed E-state index contributed by atoms with van der Waals surface area (Å²) < 4.78 is 12.8. The Bertz CT molecular complexity index is 760. The van der Waals surface area contributed by atoms with Gasteiger partial charge in [-0.1, -0.05) is 17.7 Å². The highest BCUT2D eigenvalue weighted by molar-refractivity contribution is 5.93. The van der Waals surface area contributed by atoms with Crippen LogP contribution in [-0.4, -0.2) is 32.0 Å². The highest BCUT2D eigenvalue weighted by Crippen LogP contribution is 2.15. The number of nitrogens with one attached hydrogen (secondary N) is 3. The summed E-state index contributed by atoms with van der Waals surface area (Å²) in [7, 11) is 1.77. The second kappa shape index (κ2) is 8.39. The number of benzene rings is 2. The molecule has 0 fully saturated rings. The first-order chi connectivity index (χ1) is 11.8. The molecule has 2 aromatic carbocycles. The summed E-state index contributed by atoms with van der Waals surface area (Å²) in [5.74, 6) is -0.744. The summed E-state index contributed by atoms with van der Waals surface area (Å²) in [5.41, 5.74) is 3.44. The first-order valence-corrected chi connectivity index (χ1v) is 8.07. The molecule has 25 heavy (non-hydrogen) atoms. The normalized spacial score (nSPS) is 11.7. The predicted molar refractivity (Wildman–Crippen MR) is 96.2 cm³/mol. The van der Waals surface area contributed by atoms with E-state index >= 15 is 0 Å². The van der Waals surface area contributed by atoms with Crippen LogP contribution in [0.1, 0.15) is 11.1 Å². The summed E-state index contributed by atoms with van der Waals surface area (Å²) in [6.07, 6.45) is 0. The Hall–Kier alpha value is -2.73. The van der Waals surface area contributed by atoms with Gasteiger partial charge in [0, 0.05) is 11.4 Å². The summed E-state index contributed by atoms with van der Waals surface area (Å²) in [4.78, 5) is 24.9. The van der Waals surface area contributed by atoms with E-state index in [0.29, 0.717) is 5.69 Å². The van der Waals surface area contributed by atoms with E-state index in [1.54, 1.807) is 7.05 Å². The van der Waals surface area contributed by atoms with Crippen LogP contribution in [0, 0.1) is 19.7 Å². The Kier molecular flexibility index (Phi) is 6.25. The standard InChI is InChI=1S/C19H22FN3O2/c1-13-4-9-17(14(2)10-13)22-19(25)12-23(3)11-18(24)21-16-7-5-15(20)6-8-16/h4-10H,11-12H2,1-3H3,(H,21,24)(H,22,25)/p+1. The van der Waals surface area contributed by atoms with E-state index in [4.69, 9.17) is 0 Å². The Morgan fingerprint density at radius 2 is 1.56 bits per heavy atom. The lowest BCUT2D eigenvalue weighted by molar-refractivity contribution is -0.862. The van der Waals surface area contributed by atoms with Crippen molar-refractivity contribution in [1.29, 1.82) is 0 Å². The number of carbonyl (C=O) groups excluding carboxylic acids is 2. The summed E-state index contributed by atoms with van der Waals surface area (Å²) in [6.45, 7) is 4.24. The van der Waals surface area contributed by atoms with Gasteiger partial charge in [-0.15, -0.1) is 0 Å². The fraction of sp³-hybridized carbons (Fsp3) is 0.263. The lowest BCUT2D eigenvalue weighted by Crippen LogP contribution is -3.11. The molecule has 3 N–H and O–H groups in total. The molecule has 5 nitrogen and oxygen atoms in total. The van der Waals surface area contributed by atoms with Gasteiger partial charge in [-0.25, -0.2) is 4.39 Å². The molecule has 0 saturated heterocycles. The third-order valence-electron chi connectivity index (χ3n) is 3.71. The number of likely N-dealkylation sites (N-methyl/N-ethyl adjacent to an activating group) is 1. The minimum Gasteiger partial charge on any atom is -0.322 e. The van der Waals surface area contributed by atoms with E-state index in [0.717, 1.165) is 21.7 Å². The number of hydrogen-bond acceptors (Lipinski definition) is 2. The van der Waals surface area contributed by atoms with Crippen molar-refractivity contribution in [2.75, 3.05) is 30.8 Å². The fourth-order valence-electron chi connectivity index (χ4n) is 2.50. The molecule has 132 valence electrons. The number of carbonyl (C=O) groups is 2. The SMILES string of the molecule is Cc1ccc(NC(=O)C[NH+](C)CC(=O)Nc2ccc(F)cc2)c(C)c1. The van der Waals surface area contributed by atoms with Crippen molar-refractivity contribution in [3.63, 3.8) is 0 Å². The number of halogens is 1. The molecule has 0 radical (unpaired) electrons. The minimum absolute atomic E-state index is 0.137. The van der Waals surface area contributed by atoms with Gasteiger partial charge < -0.3 is 15.5 Å². The van der Waals surface area contributed by atoms with Gasteiger partial charge in [-0.05, 0) is 49.7 Å². The Morgan fingerprint density at radius 3 is 2.16 bits per heavy atom. The molecule has 0 bridgehead atoms. The number of rotatable bonds is 6. The monoisotopic (exact) mass is 344 g/mol. The van der Waals surface area contributed by atoms with Crippen molar-refractivity contribution >= 4 is 23.2 Å². The van der Waals surface area contributed by atoms with E-state index in [1.807, 2.05) is 32.0 Å². The topological polar surface area (TPSA) is 62.6 Å². The third kappa shape index (κ3) is 6.00. The quantitative estimate of drug-likeness (QED) is 0.744. The lowest BCUT2D eigenvalue weighted by atomic mass is 10.1. The molecule has 0 aromatic heterocycles. The van der Waals surface area contributed by atoms with Crippen LogP contribution >= 0.6 is 0 Å². The molecule has 1 unspecified atom stereocenters. The molecule has 0 heterocycles. The van der Waals surface area contributed by atoms with Crippen LogP contribution in [0.25, 0.3) is 0 Å². The van der Waals surface area contributed by atoms with Gasteiger partial charge >= 0.3 is 0 Å². The average Bonchev–Trinajstić information content (AvgIpc) is 2.52. The van der Waals surface area contributed by atoms with Crippen LogP contribution < -0.4 is 15.5 Å². The van der Waals surface area contributed by atoms with E-state index in [2.05, 4.69) is 10.6 Å². The zero-order valence-corrected chi connectivity index (χ0v) is 14.7. The van der Waals surface area contributed by atoms with Crippen molar-refractivity contribution in [3.8, 4) is 0 Å². The first kappa shape index (κ1) is 18.6. The van der Waals surface area contributed by atoms with Crippen LogP contribution in [0.2, 0.25) is 0 Å². The molecule has 0 aliphatic rings. The minimum atomic E-state index is -0.358. The molecule has 2 amide bonds. The zero-order chi connectivity index (χ0) is 18.4. The largest absolute Gasteiger partial charge is 0.322 e. The smallest absolute Gasteiger partial charge is 0.279 e. The van der Waals surface area contributed by atoms with Crippen LogP contribution in [0.4, 0.5) is 15.8 Å². The zero-order valence-electron chi connectivity index (χ0n) is 14.7. The highest BCUT2D eigenvalue weighted by atomic mass is 19.1. The second-order valence-electron chi connectivity index (χ2n) is 6.23. The highest BCUT2D eigenvalue weighted by Gasteiger charge is 2.15. The molecule has 6 heteroatoms. The molecular formula is C19H23FN3O2+. The Labute approximate surface area is 146 Å². The van der Waals surface area contributed by atoms with E-state index in [9.17, 15) is 14.0 Å².